The maximum Gasteiger partial charge on any atom is 0.246 e. The molecule has 0 aliphatic carbocycles. The Morgan fingerprint density at radius 1 is 1.50 bits per heavy atom. The van der Waals surface area contributed by atoms with Crippen LogP contribution < -0.4 is 5.73 Å². The van der Waals surface area contributed by atoms with Gasteiger partial charge >= 0.3 is 0 Å². The fourth-order valence-electron chi connectivity index (χ4n) is 0.450. The molecule has 0 spiro atoms. The molecule has 10 heavy (non-hydrogen) atoms. The molecule has 1 heterocycles. The Kier molecular flexibility index (Phi) is 1.81. The molecule has 0 amide bonds. The van der Waals surface area contributed by atoms with Gasteiger partial charge in [0.2, 0.25) is 15.9 Å². The topological polar surface area (TPSA) is 85.9 Å². The second kappa shape index (κ2) is 2.61. The van der Waals surface area contributed by atoms with Crippen molar-refractivity contribution in [3.8, 4) is 0 Å². The van der Waals surface area contributed by atoms with Crippen molar-refractivity contribution < 1.29 is 8.42 Å². The number of rotatable bonds is 1. The van der Waals surface area contributed by atoms with Gasteiger partial charge in [-0.1, -0.05) is 0 Å². The molecule has 0 aliphatic rings. The third-order valence-corrected chi connectivity index (χ3v) is 1.37. The van der Waals surface area contributed by atoms with Gasteiger partial charge in [-0.15, -0.1) is 0 Å². The van der Waals surface area contributed by atoms with Crippen LogP contribution in [0, 0.1) is 0 Å². The van der Waals surface area contributed by atoms with Gasteiger partial charge in [-0.25, -0.2) is 18.4 Å². The van der Waals surface area contributed by atoms with E-state index in [0.29, 0.717) is 0 Å². The molecule has 0 aliphatic heterocycles. The van der Waals surface area contributed by atoms with Gasteiger partial charge < -0.3 is 5.73 Å². The SMILES string of the molecule is Nc1ccnc([SH](=O)=O)n1. The average molecular weight is 159 g/mol. The molecule has 0 saturated heterocycles. The zero-order valence-corrected chi connectivity index (χ0v) is 5.78. The number of thiol groups is 1. The molecule has 6 heteroatoms. The van der Waals surface area contributed by atoms with Crippen LogP contribution in [0.3, 0.4) is 0 Å². The van der Waals surface area contributed by atoms with E-state index in [1.807, 2.05) is 0 Å². The summed E-state index contributed by atoms with van der Waals surface area (Å²) >= 11 is 0. The van der Waals surface area contributed by atoms with E-state index in [4.69, 9.17) is 5.73 Å². The van der Waals surface area contributed by atoms with E-state index in [0.717, 1.165) is 0 Å². The van der Waals surface area contributed by atoms with Crippen LogP contribution in [0.4, 0.5) is 5.82 Å². The van der Waals surface area contributed by atoms with Crippen LogP contribution in [0.1, 0.15) is 0 Å². The fourth-order valence-corrected chi connectivity index (χ4v) is 0.808. The molecule has 1 rings (SSSR count). The molecule has 2 N–H and O–H groups in total. The zero-order chi connectivity index (χ0) is 7.56. The molecule has 0 atom stereocenters. The molecular formula is C4H5N3O2S. The van der Waals surface area contributed by atoms with E-state index < -0.39 is 10.7 Å². The van der Waals surface area contributed by atoms with Gasteiger partial charge in [0.15, 0.2) is 0 Å². The van der Waals surface area contributed by atoms with E-state index in [1.54, 1.807) is 0 Å². The van der Waals surface area contributed by atoms with Gasteiger partial charge in [0, 0.05) is 6.20 Å². The van der Waals surface area contributed by atoms with Crippen LogP contribution in [0.25, 0.3) is 0 Å². The van der Waals surface area contributed by atoms with Crippen molar-refractivity contribution in [1.82, 2.24) is 9.97 Å². The van der Waals surface area contributed by atoms with Gasteiger partial charge in [-0.2, -0.15) is 0 Å². The van der Waals surface area contributed by atoms with Crippen molar-refractivity contribution in [2.24, 2.45) is 0 Å². The van der Waals surface area contributed by atoms with Gasteiger partial charge in [0.1, 0.15) is 5.82 Å². The quantitative estimate of drug-likeness (QED) is 0.406. The van der Waals surface area contributed by atoms with Gasteiger partial charge in [-0.3, -0.25) is 0 Å². The lowest BCUT2D eigenvalue weighted by molar-refractivity contribution is 0.606. The number of nitrogens with zero attached hydrogens (tertiary/aromatic N) is 2. The maximum absolute atomic E-state index is 10.2. The van der Waals surface area contributed by atoms with Crippen molar-refractivity contribution in [1.29, 1.82) is 0 Å². The lowest BCUT2D eigenvalue weighted by Crippen LogP contribution is -1.95. The van der Waals surface area contributed by atoms with Crippen LogP contribution in [0.2, 0.25) is 0 Å². The summed E-state index contributed by atoms with van der Waals surface area (Å²) in [4.78, 5) is 6.89. The predicted molar refractivity (Wildman–Crippen MR) is 35.0 cm³/mol. The first kappa shape index (κ1) is 6.94. The number of nitrogens with two attached hydrogens (primary N) is 1. The molecule has 0 fully saturated rings. The number of anilines is 1. The second-order valence-electron chi connectivity index (χ2n) is 1.54. The zero-order valence-electron chi connectivity index (χ0n) is 4.89. The van der Waals surface area contributed by atoms with Crippen LogP contribution in [-0.4, -0.2) is 18.4 Å². The molecule has 54 valence electrons. The Morgan fingerprint density at radius 2 is 2.20 bits per heavy atom. The first-order valence-corrected chi connectivity index (χ1v) is 3.61. The number of hydrogen-bond donors (Lipinski definition) is 2. The lowest BCUT2D eigenvalue weighted by Gasteiger charge is -1.89. The highest BCUT2D eigenvalue weighted by Crippen LogP contribution is 1.95. The average Bonchev–Trinajstić information content (AvgIpc) is 1.88. The Bertz CT molecular complexity index is 301. The van der Waals surface area contributed by atoms with Crippen LogP contribution in [0.5, 0.6) is 0 Å². The summed E-state index contributed by atoms with van der Waals surface area (Å²) in [5, 5.41) is -0.241. The first-order chi connectivity index (χ1) is 4.70. The van der Waals surface area contributed by atoms with Crippen LogP contribution >= 0.6 is 0 Å². The standard InChI is InChI=1S/C4H5N3O2S/c5-3-1-2-6-4(7-3)10(8)9/h1-2,10H,(H2,5,6,7). The number of aromatic nitrogens is 2. The third-order valence-electron chi connectivity index (χ3n) is 0.828. The summed E-state index contributed by atoms with van der Waals surface area (Å²) in [6, 6.07) is 1.42. The summed E-state index contributed by atoms with van der Waals surface area (Å²) in [6.45, 7) is 0. The largest absolute Gasteiger partial charge is 0.384 e. The van der Waals surface area contributed by atoms with E-state index in [1.165, 1.54) is 12.3 Å². The smallest absolute Gasteiger partial charge is 0.246 e. The van der Waals surface area contributed by atoms with E-state index in [9.17, 15) is 8.42 Å². The van der Waals surface area contributed by atoms with Crippen molar-refractivity contribution in [3.05, 3.63) is 12.3 Å². The second-order valence-corrected chi connectivity index (χ2v) is 2.45. The monoisotopic (exact) mass is 159 g/mol. The molecule has 0 aromatic carbocycles. The Hall–Kier alpha value is -1.17. The summed E-state index contributed by atoms with van der Waals surface area (Å²) in [5.41, 5.74) is 5.18. The molecule has 0 bridgehead atoms. The van der Waals surface area contributed by atoms with Crippen LogP contribution in [0.15, 0.2) is 17.4 Å². The van der Waals surface area contributed by atoms with Crippen molar-refractivity contribution in [3.63, 3.8) is 0 Å². The van der Waals surface area contributed by atoms with E-state index in [2.05, 4.69) is 9.97 Å². The first-order valence-electron chi connectivity index (χ1n) is 2.43. The molecule has 0 saturated carbocycles. The van der Waals surface area contributed by atoms with E-state index >= 15 is 0 Å². The molecule has 5 nitrogen and oxygen atoms in total. The Labute approximate surface area is 58.9 Å². The van der Waals surface area contributed by atoms with Gasteiger partial charge in [0.05, 0.1) is 0 Å². The predicted octanol–water partition coefficient (Wildman–Crippen LogP) is -0.971. The Balaban J connectivity index is 3.19. The summed E-state index contributed by atoms with van der Waals surface area (Å²) in [5.74, 6) is 0.157. The van der Waals surface area contributed by atoms with Crippen LogP contribution in [-0.2, 0) is 10.7 Å². The lowest BCUT2D eigenvalue weighted by atomic mass is 10.6. The van der Waals surface area contributed by atoms with Crippen molar-refractivity contribution in [2.75, 3.05) is 5.73 Å². The Morgan fingerprint density at radius 3 is 2.60 bits per heavy atom. The minimum absolute atomic E-state index is 0.157. The highest BCUT2D eigenvalue weighted by atomic mass is 32.2. The molecule has 1 aromatic heterocycles. The highest BCUT2D eigenvalue weighted by molar-refractivity contribution is 7.72. The normalized spacial score (nSPS) is 10.1. The molecule has 1 aromatic rings. The number of nitrogen functional groups attached to an aromatic ring is 1. The van der Waals surface area contributed by atoms with E-state index in [-0.39, 0.29) is 11.0 Å². The molecule has 0 radical (unpaired) electrons. The minimum Gasteiger partial charge on any atom is -0.384 e. The van der Waals surface area contributed by atoms with Gasteiger partial charge in [-0.05, 0) is 6.07 Å². The highest BCUT2D eigenvalue weighted by Gasteiger charge is 1.95. The maximum atomic E-state index is 10.2. The molecular weight excluding hydrogens is 154 g/mol. The minimum atomic E-state index is -2.71. The van der Waals surface area contributed by atoms with Crippen molar-refractivity contribution in [2.45, 2.75) is 5.16 Å². The van der Waals surface area contributed by atoms with Gasteiger partial charge in [0.25, 0.3) is 0 Å². The summed E-state index contributed by atoms with van der Waals surface area (Å²) < 4.78 is 20.4. The molecule has 0 unspecified atom stereocenters. The number of hydrogen-bond acceptors (Lipinski definition) is 5. The summed E-state index contributed by atoms with van der Waals surface area (Å²) in [7, 11) is -2.71. The summed E-state index contributed by atoms with van der Waals surface area (Å²) in [6.07, 6.45) is 1.29. The fraction of sp³-hybridized carbons (Fsp3) is 0. The van der Waals surface area contributed by atoms with Crippen molar-refractivity contribution >= 4 is 16.5 Å². The third kappa shape index (κ3) is 1.41.